The van der Waals surface area contributed by atoms with Crippen LogP contribution in [0.3, 0.4) is 0 Å². The first-order valence-corrected chi connectivity index (χ1v) is 6.76. The maximum Gasteiger partial charge on any atom is 0.371 e. The fraction of sp³-hybridized carbons (Fsp3) is 0.133. The van der Waals surface area contributed by atoms with Gasteiger partial charge in [-0.05, 0) is 24.3 Å². The third-order valence-electron chi connectivity index (χ3n) is 3.67. The first kappa shape index (κ1) is 12.6. The van der Waals surface area contributed by atoms with Crippen LogP contribution in [0.25, 0.3) is 22.6 Å². The highest BCUT2D eigenvalue weighted by molar-refractivity contribution is 6.06. The largest absolute Gasteiger partial charge is 0.475 e. The quantitative estimate of drug-likeness (QED) is 0.751. The summed E-state index contributed by atoms with van der Waals surface area (Å²) in [6.45, 7) is 1.01. The number of amides is 1. The molecule has 0 fully saturated rings. The average molecular weight is 297 g/mol. The molecular formula is C15H11N3O4. The van der Waals surface area contributed by atoms with E-state index < -0.39 is 5.97 Å². The number of furan rings is 1. The van der Waals surface area contributed by atoms with Crippen LogP contribution < -0.4 is 5.32 Å². The van der Waals surface area contributed by atoms with Crippen LogP contribution >= 0.6 is 0 Å². The number of imidazole rings is 1. The number of aromatic nitrogens is 2. The molecule has 0 unspecified atom stereocenters. The topological polar surface area (TPSA) is 97.4 Å². The molecule has 0 saturated heterocycles. The van der Waals surface area contributed by atoms with E-state index in [1.54, 1.807) is 18.2 Å². The Morgan fingerprint density at radius 2 is 2.18 bits per heavy atom. The first-order chi connectivity index (χ1) is 10.6. The Morgan fingerprint density at radius 3 is 2.95 bits per heavy atom. The van der Waals surface area contributed by atoms with E-state index in [0.29, 0.717) is 35.8 Å². The molecule has 3 aromatic rings. The van der Waals surface area contributed by atoms with Crippen molar-refractivity contribution in [3.05, 3.63) is 41.7 Å². The Bertz CT molecular complexity index is 922. The number of benzene rings is 1. The zero-order valence-electron chi connectivity index (χ0n) is 11.4. The van der Waals surface area contributed by atoms with Gasteiger partial charge in [0.1, 0.15) is 0 Å². The SMILES string of the molecule is O=C(O)c1ccc(-c2nc3cccc4c3n2CCNC4=O)o1. The van der Waals surface area contributed by atoms with Gasteiger partial charge < -0.3 is 19.4 Å². The highest BCUT2D eigenvalue weighted by atomic mass is 16.4. The highest BCUT2D eigenvalue weighted by Crippen LogP contribution is 2.29. The molecule has 1 amide bonds. The van der Waals surface area contributed by atoms with Crippen LogP contribution in [0.2, 0.25) is 0 Å². The number of rotatable bonds is 2. The molecular weight excluding hydrogens is 286 g/mol. The molecule has 110 valence electrons. The molecule has 0 spiro atoms. The fourth-order valence-electron chi connectivity index (χ4n) is 2.72. The molecule has 7 heteroatoms. The van der Waals surface area contributed by atoms with Crippen molar-refractivity contribution < 1.29 is 19.1 Å². The lowest BCUT2D eigenvalue weighted by Crippen LogP contribution is -2.24. The van der Waals surface area contributed by atoms with Crippen LogP contribution in [0.15, 0.2) is 34.7 Å². The predicted octanol–water partition coefficient (Wildman–Crippen LogP) is 1.74. The molecule has 0 radical (unpaired) electrons. The van der Waals surface area contributed by atoms with Crippen molar-refractivity contribution in [2.24, 2.45) is 0 Å². The van der Waals surface area contributed by atoms with E-state index in [1.807, 2.05) is 10.6 Å². The number of nitrogens with zero attached hydrogens (tertiary/aromatic N) is 2. The Kier molecular flexibility index (Phi) is 2.56. The molecule has 1 aliphatic rings. The summed E-state index contributed by atoms with van der Waals surface area (Å²) < 4.78 is 7.23. The molecule has 0 aliphatic carbocycles. The molecule has 0 bridgehead atoms. The second-order valence-electron chi connectivity index (χ2n) is 4.99. The van der Waals surface area contributed by atoms with E-state index in [2.05, 4.69) is 10.3 Å². The second-order valence-corrected chi connectivity index (χ2v) is 4.99. The minimum atomic E-state index is -1.13. The summed E-state index contributed by atoms with van der Waals surface area (Å²) in [5, 5.41) is 11.8. The van der Waals surface area contributed by atoms with Gasteiger partial charge in [0.15, 0.2) is 11.6 Å². The summed E-state index contributed by atoms with van der Waals surface area (Å²) >= 11 is 0. The number of carboxylic acid groups (broad SMARTS) is 1. The van der Waals surface area contributed by atoms with Gasteiger partial charge in [0.2, 0.25) is 5.76 Å². The van der Waals surface area contributed by atoms with Gasteiger partial charge in [0.05, 0.1) is 16.6 Å². The lowest BCUT2D eigenvalue weighted by atomic mass is 10.2. The van der Waals surface area contributed by atoms with Crippen LogP contribution in [0.4, 0.5) is 0 Å². The second kappa shape index (κ2) is 4.45. The molecule has 2 aromatic heterocycles. The fourth-order valence-corrected chi connectivity index (χ4v) is 2.72. The Balaban J connectivity index is 1.98. The third-order valence-corrected chi connectivity index (χ3v) is 3.67. The number of nitrogens with one attached hydrogen (secondary N) is 1. The molecule has 1 aliphatic heterocycles. The molecule has 0 atom stereocenters. The van der Waals surface area contributed by atoms with Crippen molar-refractivity contribution >= 4 is 22.9 Å². The minimum absolute atomic E-state index is 0.138. The Hall–Kier alpha value is -3.09. The smallest absolute Gasteiger partial charge is 0.371 e. The number of aromatic carboxylic acids is 1. The normalized spacial score (nSPS) is 13.9. The maximum atomic E-state index is 12.1. The Labute approximate surface area is 124 Å². The van der Waals surface area contributed by atoms with E-state index in [1.165, 1.54) is 6.07 Å². The summed E-state index contributed by atoms with van der Waals surface area (Å²) in [5.74, 6) is -0.518. The molecule has 1 aromatic carbocycles. The summed E-state index contributed by atoms with van der Waals surface area (Å²) in [6, 6.07) is 8.31. The van der Waals surface area contributed by atoms with Gasteiger partial charge >= 0.3 is 5.97 Å². The number of carbonyl (C=O) groups excluding carboxylic acids is 1. The molecule has 4 rings (SSSR count). The van der Waals surface area contributed by atoms with Gasteiger partial charge in [-0.3, -0.25) is 4.79 Å². The number of hydrogen-bond donors (Lipinski definition) is 2. The van der Waals surface area contributed by atoms with Gasteiger partial charge in [-0.15, -0.1) is 0 Å². The van der Waals surface area contributed by atoms with Crippen LogP contribution in [-0.2, 0) is 6.54 Å². The zero-order valence-corrected chi connectivity index (χ0v) is 11.4. The lowest BCUT2D eigenvalue weighted by molar-refractivity contribution is 0.0663. The standard InChI is InChI=1S/C15H11N3O4/c19-14-8-2-1-3-9-12(8)18(7-6-16-14)13(17-9)10-4-5-11(22-10)15(20)21/h1-5H,6-7H2,(H,16,19)(H,20,21). The van der Waals surface area contributed by atoms with Crippen LogP contribution in [-0.4, -0.2) is 33.1 Å². The van der Waals surface area contributed by atoms with Crippen molar-refractivity contribution in [1.82, 2.24) is 14.9 Å². The van der Waals surface area contributed by atoms with Gasteiger partial charge in [0, 0.05) is 13.1 Å². The monoisotopic (exact) mass is 297 g/mol. The van der Waals surface area contributed by atoms with Crippen molar-refractivity contribution in [1.29, 1.82) is 0 Å². The van der Waals surface area contributed by atoms with Crippen LogP contribution in [0.1, 0.15) is 20.9 Å². The predicted molar refractivity (Wildman–Crippen MR) is 76.7 cm³/mol. The number of hydrogen-bond acceptors (Lipinski definition) is 4. The molecule has 3 heterocycles. The van der Waals surface area contributed by atoms with E-state index in [9.17, 15) is 9.59 Å². The van der Waals surface area contributed by atoms with E-state index in [-0.39, 0.29) is 11.7 Å². The van der Waals surface area contributed by atoms with Crippen molar-refractivity contribution in [3.8, 4) is 11.6 Å². The zero-order chi connectivity index (χ0) is 15.3. The summed E-state index contributed by atoms with van der Waals surface area (Å²) in [7, 11) is 0. The molecule has 22 heavy (non-hydrogen) atoms. The van der Waals surface area contributed by atoms with Crippen molar-refractivity contribution in [3.63, 3.8) is 0 Å². The number of carbonyl (C=O) groups is 2. The summed E-state index contributed by atoms with van der Waals surface area (Å²) in [6.07, 6.45) is 0. The minimum Gasteiger partial charge on any atom is -0.475 e. The van der Waals surface area contributed by atoms with E-state index in [4.69, 9.17) is 9.52 Å². The van der Waals surface area contributed by atoms with Gasteiger partial charge in [-0.1, -0.05) is 6.07 Å². The average Bonchev–Trinajstić information content (AvgIpc) is 3.07. The van der Waals surface area contributed by atoms with Crippen LogP contribution in [0, 0.1) is 0 Å². The van der Waals surface area contributed by atoms with Gasteiger partial charge in [0.25, 0.3) is 5.91 Å². The van der Waals surface area contributed by atoms with Crippen molar-refractivity contribution in [2.45, 2.75) is 6.54 Å². The Morgan fingerprint density at radius 1 is 1.32 bits per heavy atom. The highest BCUT2D eigenvalue weighted by Gasteiger charge is 2.23. The summed E-state index contributed by atoms with van der Waals surface area (Å²) in [4.78, 5) is 27.5. The molecule has 2 N–H and O–H groups in total. The van der Waals surface area contributed by atoms with Gasteiger partial charge in [-0.25, -0.2) is 9.78 Å². The first-order valence-electron chi connectivity index (χ1n) is 6.76. The molecule has 7 nitrogen and oxygen atoms in total. The van der Waals surface area contributed by atoms with Crippen molar-refractivity contribution in [2.75, 3.05) is 6.54 Å². The lowest BCUT2D eigenvalue weighted by Gasteiger charge is -2.04. The third kappa shape index (κ3) is 1.72. The van der Waals surface area contributed by atoms with E-state index >= 15 is 0 Å². The van der Waals surface area contributed by atoms with E-state index in [0.717, 1.165) is 5.52 Å². The molecule has 0 saturated carbocycles. The maximum absolute atomic E-state index is 12.1. The summed E-state index contributed by atoms with van der Waals surface area (Å²) in [5.41, 5.74) is 1.97. The number of para-hydroxylation sites is 1. The van der Waals surface area contributed by atoms with Gasteiger partial charge in [-0.2, -0.15) is 0 Å². The van der Waals surface area contributed by atoms with Crippen LogP contribution in [0.5, 0.6) is 0 Å². The number of carboxylic acids is 1.